The van der Waals surface area contributed by atoms with Crippen molar-refractivity contribution in [2.75, 3.05) is 7.05 Å². The standard InChI is InChI=1S/C24H28N4O5/c1-5-16-6-7-19(32-16)22(29)27-13-15-10-11-26-17(12-15)18-8-9-20(33-18)23(30)28-21(14(2)3)24(31)25-4/h6-12,14,21H,5,13H2,1-4H3,(H,25,31)(H,27,29)(H,28,30). The molecule has 0 saturated heterocycles. The molecule has 0 aromatic carbocycles. The zero-order valence-electron chi connectivity index (χ0n) is 19.1. The van der Waals surface area contributed by atoms with E-state index in [1.54, 1.807) is 36.5 Å². The van der Waals surface area contributed by atoms with E-state index < -0.39 is 11.9 Å². The molecule has 1 unspecified atom stereocenters. The van der Waals surface area contributed by atoms with Gasteiger partial charge in [0.1, 0.15) is 17.5 Å². The minimum atomic E-state index is -0.677. The molecule has 0 saturated carbocycles. The van der Waals surface area contributed by atoms with Crippen LogP contribution in [0.15, 0.2) is 51.4 Å². The van der Waals surface area contributed by atoms with Crippen molar-refractivity contribution >= 4 is 17.7 Å². The molecular formula is C24H28N4O5. The number of carbonyl (C=O) groups is 3. The molecule has 0 aliphatic rings. The van der Waals surface area contributed by atoms with Gasteiger partial charge in [-0.2, -0.15) is 0 Å². The highest BCUT2D eigenvalue weighted by Gasteiger charge is 2.25. The largest absolute Gasteiger partial charge is 0.456 e. The predicted octanol–water partition coefficient (Wildman–Crippen LogP) is 2.93. The highest BCUT2D eigenvalue weighted by atomic mass is 16.4. The average Bonchev–Trinajstić information content (AvgIpc) is 3.50. The fraction of sp³-hybridized carbons (Fsp3) is 0.333. The van der Waals surface area contributed by atoms with Crippen molar-refractivity contribution in [2.45, 2.75) is 39.8 Å². The Labute approximate surface area is 192 Å². The molecule has 3 aromatic heterocycles. The molecule has 3 rings (SSSR count). The number of carbonyl (C=O) groups excluding carboxylic acids is 3. The Morgan fingerprint density at radius 1 is 1.00 bits per heavy atom. The minimum absolute atomic E-state index is 0.0737. The first-order valence-electron chi connectivity index (χ1n) is 10.8. The number of nitrogens with zero attached hydrogens (tertiary/aromatic N) is 1. The van der Waals surface area contributed by atoms with Crippen molar-refractivity contribution in [3.05, 3.63) is 65.4 Å². The van der Waals surface area contributed by atoms with Crippen LogP contribution in [0, 0.1) is 5.92 Å². The maximum absolute atomic E-state index is 12.6. The lowest BCUT2D eigenvalue weighted by Crippen LogP contribution is -2.48. The van der Waals surface area contributed by atoms with Crippen LogP contribution in [0.4, 0.5) is 0 Å². The summed E-state index contributed by atoms with van der Waals surface area (Å²) in [4.78, 5) is 41.1. The third-order valence-electron chi connectivity index (χ3n) is 5.08. The quantitative estimate of drug-likeness (QED) is 0.458. The Morgan fingerprint density at radius 2 is 1.73 bits per heavy atom. The first-order chi connectivity index (χ1) is 15.8. The molecule has 9 heteroatoms. The molecule has 33 heavy (non-hydrogen) atoms. The van der Waals surface area contributed by atoms with Crippen molar-refractivity contribution in [3.8, 4) is 11.5 Å². The summed E-state index contributed by atoms with van der Waals surface area (Å²) in [5.41, 5.74) is 1.32. The number of aryl methyl sites for hydroxylation is 1. The van der Waals surface area contributed by atoms with Crippen LogP contribution in [0.3, 0.4) is 0 Å². The van der Waals surface area contributed by atoms with Crippen molar-refractivity contribution in [2.24, 2.45) is 5.92 Å². The van der Waals surface area contributed by atoms with Crippen LogP contribution < -0.4 is 16.0 Å². The van der Waals surface area contributed by atoms with Crippen molar-refractivity contribution in [1.29, 1.82) is 0 Å². The number of likely N-dealkylation sites (N-methyl/N-ethyl adjacent to an activating group) is 1. The molecule has 0 bridgehead atoms. The summed E-state index contributed by atoms with van der Waals surface area (Å²) in [7, 11) is 1.52. The second-order valence-corrected chi connectivity index (χ2v) is 7.82. The number of hydrogen-bond donors (Lipinski definition) is 3. The summed E-state index contributed by atoms with van der Waals surface area (Å²) < 4.78 is 11.1. The Bertz CT molecular complexity index is 1130. The highest BCUT2D eigenvalue weighted by molar-refractivity contribution is 5.96. The molecule has 0 aliphatic carbocycles. The Hall–Kier alpha value is -3.88. The lowest BCUT2D eigenvalue weighted by molar-refractivity contribution is -0.123. The minimum Gasteiger partial charge on any atom is -0.456 e. The third-order valence-corrected chi connectivity index (χ3v) is 5.08. The van der Waals surface area contributed by atoms with Gasteiger partial charge in [-0.25, -0.2) is 0 Å². The van der Waals surface area contributed by atoms with Crippen LogP contribution in [0.25, 0.3) is 11.5 Å². The lowest BCUT2D eigenvalue weighted by Gasteiger charge is -2.19. The Balaban J connectivity index is 1.66. The van der Waals surface area contributed by atoms with Gasteiger partial charge in [-0.05, 0) is 47.9 Å². The number of hydrogen-bond acceptors (Lipinski definition) is 6. The van der Waals surface area contributed by atoms with Crippen molar-refractivity contribution in [3.63, 3.8) is 0 Å². The fourth-order valence-electron chi connectivity index (χ4n) is 3.18. The first kappa shape index (κ1) is 23.8. The number of aromatic nitrogens is 1. The van der Waals surface area contributed by atoms with Gasteiger partial charge in [0.25, 0.3) is 11.8 Å². The Morgan fingerprint density at radius 3 is 2.39 bits per heavy atom. The van der Waals surface area contributed by atoms with Crippen molar-refractivity contribution in [1.82, 2.24) is 20.9 Å². The van der Waals surface area contributed by atoms with Crippen LogP contribution in [-0.2, 0) is 17.8 Å². The van der Waals surface area contributed by atoms with Crippen LogP contribution >= 0.6 is 0 Å². The second kappa shape index (κ2) is 10.6. The summed E-state index contributed by atoms with van der Waals surface area (Å²) in [5.74, 6) is 0.322. The second-order valence-electron chi connectivity index (χ2n) is 7.82. The maximum atomic E-state index is 12.6. The summed E-state index contributed by atoms with van der Waals surface area (Å²) in [6.45, 7) is 5.91. The van der Waals surface area contributed by atoms with E-state index in [0.717, 1.165) is 11.3 Å². The van der Waals surface area contributed by atoms with Gasteiger partial charge in [-0.1, -0.05) is 20.8 Å². The van der Waals surface area contributed by atoms with Crippen LogP contribution in [-0.4, -0.2) is 35.8 Å². The van der Waals surface area contributed by atoms with Gasteiger partial charge in [0, 0.05) is 26.2 Å². The molecule has 1 atom stereocenters. The van der Waals surface area contributed by atoms with Gasteiger partial charge in [0.05, 0.1) is 0 Å². The summed E-state index contributed by atoms with van der Waals surface area (Å²) in [6.07, 6.45) is 2.32. The first-order valence-corrected chi connectivity index (χ1v) is 10.8. The van der Waals surface area contributed by atoms with Crippen LogP contribution in [0.5, 0.6) is 0 Å². The number of furan rings is 2. The topological polar surface area (TPSA) is 126 Å². The SMILES string of the molecule is CCc1ccc(C(=O)NCc2ccnc(-c3ccc(C(=O)NC(C(=O)NC)C(C)C)o3)c2)o1. The summed E-state index contributed by atoms with van der Waals surface area (Å²) in [5, 5.41) is 8.05. The number of rotatable bonds is 9. The normalized spacial score (nSPS) is 11.8. The highest BCUT2D eigenvalue weighted by Crippen LogP contribution is 2.21. The van der Waals surface area contributed by atoms with E-state index in [0.29, 0.717) is 17.9 Å². The zero-order valence-corrected chi connectivity index (χ0v) is 19.1. The molecule has 0 radical (unpaired) electrons. The zero-order chi connectivity index (χ0) is 24.0. The molecular weight excluding hydrogens is 424 g/mol. The maximum Gasteiger partial charge on any atom is 0.287 e. The molecule has 3 amide bonds. The van der Waals surface area contributed by atoms with E-state index in [-0.39, 0.29) is 35.8 Å². The number of pyridine rings is 1. The number of nitrogens with one attached hydrogen (secondary N) is 3. The van der Waals surface area contributed by atoms with E-state index in [2.05, 4.69) is 20.9 Å². The molecule has 0 fully saturated rings. The number of amides is 3. The predicted molar refractivity (Wildman–Crippen MR) is 121 cm³/mol. The fourth-order valence-corrected chi connectivity index (χ4v) is 3.18. The average molecular weight is 453 g/mol. The van der Waals surface area contributed by atoms with E-state index in [9.17, 15) is 14.4 Å². The molecule has 174 valence electrons. The molecule has 0 aliphatic heterocycles. The van der Waals surface area contributed by atoms with Crippen molar-refractivity contribution < 1.29 is 23.2 Å². The van der Waals surface area contributed by atoms with Gasteiger partial charge in [0.2, 0.25) is 5.91 Å². The van der Waals surface area contributed by atoms with Crippen LogP contribution in [0.1, 0.15) is 53.2 Å². The van der Waals surface area contributed by atoms with Gasteiger partial charge >= 0.3 is 0 Å². The molecule has 3 heterocycles. The van der Waals surface area contributed by atoms with E-state index in [1.165, 1.54) is 13.1 Å². The van der Waals surface area contributed by atoms with Gasteiger partial charge in [0.15, 0.2) is 17.3 Å². The molecule has 9 nitrogen and oxygen atoms in total. The molecule has 3 N–H and O–H groups in total. The van der Waals surface area contributed by atoms with E-state index in [4.69, 9.17) is 8.83 Å². The monoisotopic (exact) mass is 452 g/mol. The smallest absolute Gasteiger partial charge is 0.287 e. The van der Waals surface area contributed by atoms with Gasteiger partial charge in [-0.3, -0.25) is 19.4 Å². The third kappa shape index (κ3) is 5.88. The molecule has 3 aromatic rings. The van der Waals surface area contributed by atoms with E-state index >= 15 is 0 Å². The van der Waals surface area contributed by atoms with Gasteiger partial charge in [-0.15, -0.1) is 0 Å². The van der Waals surface area contributed by atoms with Gasteiger partial charge < -0.3 is 24.8 Å². The van der Waals surface area contributed by atoms with E-state index in [1.807, 2.05) is 20.8 Å². The molecule has 0 spiro atoms. The Kier molecular flexibility index (Phi) is 7.66. The van der Waals surface area contributed by atoms with Crippen LogP contribution in [0.2, 0.25) is 0 Å². The summed E-state index contributed by atoms with van der Waals surface area (Å²) >= 11 is 0. The lowest BCUT2D eigenvalue weighted by atomic mass is 10.0. The summed E-state index contributed by atoms with van der Waals surface area (Å²) in [6, 6.07) is 9.46.